The normalized spacial score (nSPS) is 13.0. The average Bonchev–Trinajstić information content (AvgIpc) is 3.03. The molecule has 0 fully saturated rings. The van der Waals surface area contributed by atoms with Gasteiger partial charge in [-0.2, -0.15) is 25.3 Å². The van der Waals surface area contributed by atoms with Crippen LogP contribution >= 0.6 is 25.3 Å². The first-order valence-electron chi connectivity index (χ1n) is 5.39. The predicted octanol–water partition coefficient (Wildman–Crippen LogP) is 3.38. The first-order chi connectivity index (χ1) is 8.78. The largest absolute Gasteiger partial charge is 0.451 e. The van der Waals surface area contributed by atoms with Crippen LogP contribution in [0.4, 0.5) is 0 Å². The van der Waals surface area contributed by atoms with Gasteiger partial charge in [-0.15, -0.1) is 10.2 Å². The van der Waals surface area contributed by atoms with Gasteiger partial charge in [-0.25, -0.2) is 0 Å². The highest BCUT2D eigenvalue weighted by atomic mass is 32.1. The number of fused-ring (bicyclic) bond motifs is 1. The third-order valence-electron chi connectivity index (χ3n) is 2.53. The Morgan fingerprint density at radius 1 is 1.17 bits per heavy atom. The fourth-order valence-electron chi connectivity index (χ4n) is 1.63. The van der Waals surface area contributed by atoms with Crippen LogP contribution in [0, 0.1) is 0 Å². The van der Waals surface area contributed by atoms with Crippen LogP contribution < -0.4 is 0 Å². The van der Waals surface area contributed by atoms with Crippen LogP contribution in [0.1, 0.15) is 11.1 Å². The van der Waals surface area contributed by atoms with E-state index < -0.39 is 0 Å². The van der Waals surface area contributed by atoms with Crippen LogP contribution in [0.25, 0.3) is 22.6 Å². The molecule has 0 aliphatic carbocycles. The van der Waals surface area contributed by atoms with Gasteiger partial charge in [0.05, 0.1) is 5.25 Å². The molecule has 2 heterocycles. The number of rotatable bonds is 3. The van der Waals surface area contributed by atoms with Crippen molar-refractivity contribution in [2.75, 3.05) is 5.75 Å². The quantitative estimate of drug-likeness (QED) is 0.721. The lowest BCUT2D eigenvalue weighted by Crippen LogP contribution is -1.91. The highest BCUT2D eigenvalue weighted by Crippen LogP contribution is 2.28. The lowest BCUT2D eigenvalue weighted by molar-refractivity contribution is 0.491. The maximum Gasteiger partial charge on any atom is 0.283 e. The molecule has 0 N–H and O–H groups in total. The molecular weight excluding hydrogens is 268 g/mol. The Morgan fingerprint density at radius 3 is 2.78 bits per heavy atom. The fraction of sp³-hybridized carbons (Fsp3) is 0.167. The van der Waals surface area contributed by atoms with Gasteiger partial charge in [0.15, 0.2) is 5.76 Å². The Bertz CT molecular complexity index is 644. The van der Waals surface area contributed by atoms with Gasteiger partial charge in [-0.05, 0) is 12.1 Å². The standard InChI is InChI=1S/C12H10N2O2S2/c17-6-10(18)12-14-13-11(16-12)9-5-7-3-1-2-4-8(7)15-9/h1-5,10,17-18H,6H2. The van der Waals surface area contributed by atoms with Crippen molar-refractivity contribution in [2.45, 2.75) is 5.25 Å². The number of para-hydroxylation sites is 1. The van der Waals surface area contributed by atoms with Crippen molar-refractivity contribution in [3.05, 3.63) is 36.2 Å². The molecule has 1 aromatic carbocycles. The molecule has 0 aliphatic heterocycles. The smallest absolute Gasteiger partial charge is 0.283 e. The number of nitrogens with zero attached hydrogens (tertiary/aromatic N) is 2. The minimum absolute atomic E-state index is 0.168. The zero-order valence-corrected chi connectivity index (χ0v) is 11.1. The fourth-order valence-corrected chi connectivity index (χ4v) is 1.89. The van der Waals surface area contributed by atoms with Crippen molar-refractivity contribution in [1.82, 2.24) is 10.2 Å². The molecule has 3 aromatic rings. The molecule has 6 heteroatoms. The van der Waals surface area contributed by atoms with Crippen molar-refractivity contribution in [1.29, 1.82) is 0 Å². The molecule has 4 nitrogen and oxygen atoms in total. The Balaban J connectivity index is 2.01. The zero-order valence-electron chi connectivity index (χ0n) is 9.28. The first-order valence-corrected chi connectivity index (χ1v) is 6.54. The summed E-state index contributed by atoms with van der Waals surface area (Å²) in [6.45, 7) is 0. The van der Waals surface area contributed by atoms with E-state index in [4.69, 9.17) is 8.83 Å². The van der Waals surface area contributed by atoms with Gasteiger partial charge in [0.25, 0.3) is 5.89 Å². The van der Waals surface area contributed by atoms with E-state index in [9.17, 15) is 0 Å². The van der Waals surface area contributed by atoms with Crippen molar-refractivity contribution < 1.29 is 8.83 Å². The minimum Gasteiger partial charge on any atom is -0.451 e. The highest BCUT2D eigenvalue weighted by Gasteiger charge is 2.17. The van der Waals surface area contributed by atoms with E-state index in [0.29, 0.717) is 23.3 Å². The van der Waals surface area contributed by atoms with E-state index in [1.54, 1.807) is 0 Å². The summed E-state index contributed by atoms with van der Waals surface area (Å²) in [7, 11) is 0. The summed E-state index contributed by atoms with van der Waals surface area (Å²) in [5.74, 6) is 1.91. The van der Waals surface area contributed by atoms with Gasteiger partial charge in [-0.1, -0.05) is 18.2 Å². The second-order valence-electron chi connectivity index (χ2n) is 3.79. The molecular formula is C12H10N2O2S2. The molecule has 2 aromatic heterocycles. The summed E-state index contributed by atoms with van der Waals surface area (Å²) in [5.41, 5.74) is 0.795. The Kier molecular flexibility index (Phi) is 3.05. The van der Waals surface area contributed by atoms with Crippen molar-refractivity contribution in [2.24, 2.45) is 0 Å². The first kappa shape index (κ1) is 11.7. The van der Waals surface area contributed by atoms with Gasteiger partial charge >= 0.3 is 0 Å². The summed E-state index contributed by atoms with van der Waals surface area (Å²) >= 11 is 8.43. The number of benzene rings is 1. The summed E-state index contributed by atoms with van der Waals surface area (Å²) in [5, 5.41) is 8.72. The maximum absolute atomic E-state index is 5.64. The van der Waals surface area contributed by atoms with E-state index in [2.05, 4.69) is 35.5 Å². The van der Waals surface area contributed by atoms with Crippen LogP contribution in [-0.2, 0) is 0 Å². The molecule has 0 radical (unpaired) electrons. The molecule has 3 rings (SSSR count). The molecule has 18 heavy (non-hydrogen) atoms. The molecule has 0 saturated carbocycles. The monoisotopic (exact) mass is 278 g/mol. The number of aromatic nitrogens is 2. The van der Waals surface area contributed by atoms with Crippen molar-refractivity contribution >= 4 is 36.2 Å². The SMILES string of the molecule is SCC(S)c1nnc(-c2cc3ccccc3o2)o1. The summed E-state index contributed by atoms with van der Waals surface area (Å²) in [6, 6.07) is 9.60. The van der Waals surface area contributed by atoms with Gasteiger partial charge in [-0.3, -0.25) is 0 Å². The topological polar surface area (TPSA) is 52.1 Å². The Labute approximate surface area is 114 Å². The van der Waals surface area contributed by atoms with Crippen LogP contribution in [0.2, 0.25) is 0 Å². The van der Waals surface area contributed by atoms with Crippen molar-refractivity contribution in [3.63, 3.8) is 0 Å². The third kappa shape index (κ3) is 2.02. The van der Waals surface area contributed by atoms with E-state index >= 15 is 0 Å². The molecule has 0 saturated heterocycles. The molecule has 0 aliphatic rings. The summed E-state index contributed by atoms with van der Waals surface area (Å²) in [4.78, 5) is 0. The maximum atomic E-state index is 5.64. The number of hydrogen-bond acceptors (Lipinski definition) is 6. The second kappa shape index (κ2) is 4.70. The number of thiol groups is 2. The minimum atomic E-state index is -0.168. The molecule has 1 unspecified atom stereocenters. The Morgan fingerprint density at radius 2 is 2.00 bits per heavy atom. The van der Waals surface area contributed by atoms with Crippen LogP contribution in [0.15, 0.2) is 39.2 Å². The van der Waals surface area contributed by atoms with Gasteiger partial charge < -0.3 is 8.83 Å². The van der Waals surface area contributed by atoms with Gasteiger partial charge in [0.1, 0.15) is 5.58 Å². The van der Waals surface area contributed by atoms with Crippen LogP contribution in [0.3, 0.4) is 0 Å². The second-order valence-corrected chi connectivity index (χ2v) is 4.78. The third-order valence-corrected chi connectivity index (χ3v) is 3.59. The van der Waals surface area contributed by atoms with Gasteiger partial charge in [0.2, 0.25) is 5.89 Å². The lowest BCUT2D eigenvalue weighted by Gasteiger charge is -1.97. The van der Waals surface area contributed by atoms with E-state index in [1.165, 1.54) is 0 Å². The zero-order chi connectivity index (χ0) is 12.5. The molecule has 0 bridgehead atoms. The van der Waals surface area contributed by atoms with Gasteiger partial charge in [0, 0.05) is 11.1 Å². The number of furan rings is 1. The lowest BCUT2D eigenvalue weighted by atomic mass is 10.2. The molecule has 92 valence electrons. The number of hydrogen-bond donors (Lipinski definition) is 2. The predicted molar refractivity (Wildman–Crippen MR) is 75.1 cm³/mol. The van der Waals surface area contributed by atoms with E-state index in [-0.39, 0.29) is 5.25 Å². The Hall–Kier alpha value is -1.40. The molecule has 0 spiro atoms. The van der Waals surface area contributed by atoms with E-state index in [1.807, 2.05) is 30.3 Å². The van der Waals surface area contributed by atoms with Crippen LogP contribution in [-0.4, -0.2) is 16.0 Å². The van der Waals surface area contributed by atoms with E-state index in [0.717, 1.165) is 11.0 Å². The summed E-state index contributed by atoms with van der Waals surface area (Å²) in [6.07, 6.45) is 0. The highest BCUT2D eigenvalue weighted by molar-refractivity contribution is 7.84. The molecule has 1 atom stereocenters. The molecule has 0 amide bonds. The average molecular weight is 278 g/mol. The summed E-state index contributed by atoms with van der Waals surface area (Å²) < 4.78 is 11.2. The van der Waals surface area contributed by atoms with Crippen molar-refractivity contribution in [3.8, 4) is 11.7 Å². The van der Waals surface area contributed by atoms with Crippen LogP contribution in [0.5, 0.6) is 0 Å².